The van der Waals surface area contributed by atoms with Crippen molar-refractivity contribution in [1.29, 1.82) is 0 Å². The van der Waals surface area contributed by atoms with Crippen LogP contribution in [0.3, 0.4) is 0 Å². The molecule has 1 fully saturated rings. The third kappa shape index (κ3) is 4.88. The van der Waals surface area contributed by atoms with E-state index >= 15 is 0 Å². The lowest BCUT2D eigenvalue weighted by Crippen LogP contribution is -2.32. The summed E-state index contributed by atoms with van der Waals surface area (Å²) in [5.74, 6) is 0.385. The maximum atomic E-state index is 13.0. The normalized spacial score (nSPS) is 18.1. The minimum atomic E-state index is -3.94. The van der Waals surface area contributed by atoms with E-state index in [-0.39, 0.29) is 16.3 Å². The summed E-state index contributed by atoms with van der Waals surface area (Å²) in [6, 6.07) is 5.68. The highest BCUT2D eigenvalue weighted by Gasteiger charge is 2.34. The van der Waals surface area contributed by atoms with Gasteiger partial charge in [0.05, 0.1) is 12.2 Å². The predicted octanol–water partition coefficient (Wildman–Crippen LogP) is 2.11. The molecule has 0 radical (unpaired) electrons. The highest BCUT2D eigenvalue weighted by molar-refractivity contribution is 7.92. The number of carboxylic acids is 1. The van der Waals surface area contributed by atoms with E-state index in [9.17, 15) is 18.3 Å². The first kappa shape index (κ1) is 22.0. The lowest BCUT2D eigenvalue weighted by molar-refractivity contribution is 0.0696. The number of anilines is 2. The zero-order chi connectivity index (χ0) is 21.9. The maximum Gasteiger partial charge on any atom is 0.335 e. The maximum absolute atomic E-state index is 13.0. The summed E-state index contributed by atoms with van der Waals surface area (Å²) in [7, 11) is -0.996. The van der Waals surface area contributed by atoms with Crippen molar-refractivity contribution in [3.63, 3.8) is 0 Å². The van der Waals surface area contributed by atoms with Crippen molar-refractivity contribution in [2.45, 2.75) is 18.2 Å². The summed E-state index contributed by atoms with van der Waals surface area (Å²) >= 11 is 0. The van der Waals surface area contributed by atoms with Gasteiger partial charge in [0.1, 0.15) is 16.5 Å². The van der Waals surface area contributed by atoms with Gasteiger partial charge in [-0.3, -0.25) is 9.29 Å². The van der Waals surface area contributed by atoms with E-state index in [0.29, 0.717) is 37.4 Å². The number of ether oxygens (including phenoxy) is 1. The molecule has 2 aromatic heterocycles. The van der Waals surface area contributed by atoms with Gasteiger partial charge in [-0.05, 0) is 42.5 Å². The molecule has 10 heteroatoms. The standard InChI is InChI=1S/C20H26N4O5S/c1-14-9-16(14)13-24(7-8-29-3)19-11-15(20(25)26)10-18(22-19)23(2)30(27,28)17-5-4-6-21-12-17/h4-6,10-12,14,16H,7-9,13H2,1-3H3,(H,25,26)/t14-,16+/m1/s1. The van der Waals surface area contributed by atoms with E-state index < -0.39 is 16.0 Å². The highest BCUT2D eigenvalue weighted by atomic mass is 32.2. The summed E-state index contributed by atoms with van der Waals surface area (Å²) in [4.78, 5) is 22.0. The minimum absolute atomic E-state index is 0.000350. The largest absolute Gasteiger partial charge is 0.478 e. The van der Waals surface area contributed by atoms with Gasteiger partial charge in [0.25, 0.3) is 10.0 Å². The zero-order valence-electron chi connectivity index (χ0n) is 17.2. The van der Waals surface area contributed by atoms with Crippen LogP contribution in [0.4, 0.5) is 11.6 Å². The number of hydrogen-bond donors (Lipinski definition) is 1. The molecule has 0 spiro atoms. The van der Waals surface area contributed by atoms with Crippen LogP contribution in [0.2, 0.25) is 0 Å². The van der Waals surface area contributed by atoms with Crippen molar-refractivity contribution in [2.75, 3.05) is 43.1 Å². The van der Waals surface area contributed by atoms with Crippen LogP contribution in [-0.2, 0) is 14.8 Å². The Bertz CT molecular complexity index is 1000. The number of aromatic nitrogens is 2. The van der Waals surface area contributed by atoms with Crippen LogP contribution >= 0.6 is 0 Å². The van der Waals surface area contributed by atoms with Crippen molar-refractivity contribution >= 4 is 27.6 Å². The van der Waals surface area contributed by atoms with E-state index in [0.717, 1.165) is 10.7 Å². The van der Waals surface area contributed by atoms with E-state index in [2.05, 4.69) is 16.9 Å². The Balaban J connectivity index is 2.00. The van der Waals surface area contributed by atoms with Crippen LogP contribution in [0.15, 0.2) is 41.6 Å². The monoisotopic (exact) mass is 434 g/mol. The molecule has 162 valence electrons. The van der Waals surface area contributed by atoms with E-state index in [1.165, 1.54) is 43.7 Å². The van der Waals surface area contributed by atoms with E-state index in [1.54, 1.807) is 7.11 Å². The van der Waals surface area contributed by atoms with Gasteiger partial charge in [0.2, 0.25) is 0 Å². The number of carbonyl (C=O) groups is 1. The van der Waals surface area contributed by atoms with Crippen molar-refractivity contribution in [1.82, 2.24) is 9.97 Å². The van der Waals surface area contributed by atoms with Crippen LogP contribution in [0.5, 0.6) is 0 Å². The Morgan fingerprint density at radius 3 is 2.60 bits per heavy atom. The fourth-order valence-corrected chi connectivity index (χ4v) is 4.27. The average molecular weight is 435 g/mol. The Hall–Kier alpha value is -2.72. The predicted molar refractivity (Wildman–Crippen MR) is 112 cm³/mol. The number of carboxylic acid groups (broad SMARTS) is 1. The summed E-state index contributed by atoms with van der Waals surface area (Å²) < 4.78 is 32.1. The third-order valence-electron chi connectivity index (χ3n) is 5.28. The smallest absolute Gasteiger partial charge is 0.335 e. The van der Waals surface area contributed by atoms with Crippen molar-refractivity contribution in [2.24, 2.45) is 11.8 Å². The second-order valence-electron chi connectivity index (χ2n) is 7.45. The van der Waals surface area contributed by atoms with Crippen LogP contribution in [0.25, 0.3) is 0 Å². The van der Waals surface area contributed by atoms with E-state index in [1.807, 2.05) is 4.90 Å². The molecule has 2 heterocycles. The summed E-state index contributed by atoms with van der Waals surface area (Å²) in [6.07, 6.45) is 3.82. The van der Waals surface area contributed by atoms with E-state index in [4.69, 9.17) is 4.74 Å². The molecule has 0 aliphatic heterocycles. The molecule has 0 bridgehead atoms. The van der Waals surface area contributed by atoms with Crippen LogP contribution < -0.4 is 9.21 Å². The molecule has 0 saturated heterocycles. The summed E-state index contributed by atoms with van der Waals surface area (Å²) in [6.45, 7) is 3.84. The van der Waals surface area contributed by atoms with Crippen molar-refractivity contribution in [3.8, 4) is 0 Å². The number of aromatic carboxylic acids is 1. The highest BCUT2D eigenvalue weighted by Crippen LogP contribution is 2.39. The molecular formula is C20H26N4O5S. The van der Waals surface area contributed by atoms with Crippen LogP contribution in [0.1, 0.15) is 23.7 Å². The average Bonchev–Trinajstić information content (AvgIpc) is 3.45. The molecule has 0 aromatic carbocycles. The lowest BCUT2D eigenvalue weighted by Gasteiger charge is -2.26. The minimum Gasteiger partial charge on any atom is -0.478 e. The fourth-order valence-electron chi connectivity index (χ4n) is 3.17. The van der Waals surface area contributed by atoms with Gasteiger partial charge < -0.3 is 14.7 Å². The molecule has 1 aliphatic carbocycles. The van der Waals surface area contributed by atoms with Gasteiger partial charge in [-0.25, -0.2) is 18.2 Å². The Morgan fingerprint density at radius 2 is 2.03 bits per heavy atom. The quantitative estimate of drug-likeness (QED) is 0.605. The number of methoxy groups -OCH3 is 1. The van der Waals surface area contributed by atoms with Gasteiger partial charge >= 0.3 is 5.97 Å². The molecular weight excluding hydrogens is 408 g/mol. The first-order valence-electron chi connectivity index (χ1n) is 9.62. The Kier molecular flexibility index (Phi) is 6.57. The Labute approximate surface area is 176 Å². The van der Waals surface area contributed by atoms with Gasteiger partial charge in [-0.1, -0.05) is 6.92 Å². The summed E-state index contributed by atoms with van der Waals surface area (Å²) in [5, 5.41) is 9.58. The molecule has 0 unspecified atom stereocenters. The molecule has 0 amide bonds. The van der Waals surface area contributed by atoms with Crippen molar-refractivity contribution < 1.29 is 23.1 Å². The van der Waals surface area contributed by atoms with Gasteiger partial charge in [0, 0.05) is 39.6 Å². The fraction of sp³-hybridized carbons (Fsp3) is 0.450. The SMILES string of the molecule is COCCN(C[C@@H]1C[C@H]1C)c1cc(C(=O)O)cc(N(C)S(=O)(=O)c2cccnc2)n1. The number of rotatable bonds is 10. The molecule has 2 atom stereocenters. The van der Waals surface area contributed by atoms with Gasteiger partial charge in [-0.2, -0.15) is 0 Å². The molecule has 2 aromatic rings. The molecule has 9 nitrogen and oxygen atoms in total. The number of nitrogens with zero attached hydrogens (tertiary/aromatic N) is 4. The summed E-state index contributed by atoms with van der Waals surface area (Å²) in [5.41, 5.74) is -0.0329. The number of pyridine rings is 2. The topological polar surface area (TPSA) is 113 Å². The first-order valence-corrected chi connectivity index (χ1v) is 11.1. The van der Waals surface area contributed by atoms with Crippen molar-refractivity contribution in [3.05, 3.63) is 42.2 Å². The molecule has 1 aliphatic rings. The first-order chi connectivity index (χ1) is 14.2. The van der Waals surface area contributed by atoms with Crippen LogP contribution in [0, 0.1) is 11.8 Å². The number of hydrogen-bond acceptors (Lipinski definition) is 7. The lowest BCUT2D eigenvalue weighted by atomic mass is 10.2. The third-order valence-corrected chi connectivity index (χ3v) is 7.03. The molecule has 30 heavy (non-hydrogen) atoms. The second-order valence-corrected chi connectivity index (χ2v) is 9.42. The molecule has 3 rings (SSSR count). The second kappa shape index (κ2) is 8.97. The van der Waals surface area contributed by atoms with Crippen LogP contribution in [-0.4, -0.2) is 63.3 Å². The number of sulfonamides is 1. The van der Waals surface area contributed by atoms with Gasteiger partial charge in [0.15, 0.2) is 0 Å². The Morgan fingerprint density at radius 1 is 1.33 bits per heavy atom. The molecule has 1 saturated carbocycles. The van der Waals surface area contributed by atoms with Gasteiger partial charge in [-0.15, -0.1) is 0 Å². The molecule has 1 N–H and O–H groups in total. The zero-order valence-corrected chi connectivity index (χ0v) is 18.0.